The van der Waals surface area contributed by atoms with Crippen LogP contribution in [0.5, 0.6) is 0 Å². The number of rotatable bonds is 4. The van der Waals surface area contributed by atoms with Crippen molar-refractivity contribution in [3.8, 4) is 0 Å². The molecule has 0 aliphatic rings. The monoisotopic (exact) mass is 354 g/mol. The normalized spacial score (nSPS) is 11.4. The van der Waals surface area contributed by atoms with E-state index < -0.39 is 5.97 Å². The van der Waals surface area contributed by atoms with Crippen LogP contribution < -0.4 is 0 Å². The molecule has 0 aliphatic carbocycles. The third-order valence-corrected chi connectivity index (χ3v) is 5.40. The molecule has 0 amide bonds. The van der Waals surface area contributed by atoms with Gasteiger partial charge in [0.15, 0.2) is 0 Å². The van der Waals surface area contributed by atoms with Crippen molar-refractivity contribution >= 4 is 38.4 Å². The summed E-state index contributed by atoms with van der Waals surface area (Å²) in [7, 11) is 0. The summed E-state index contributed by atoms with van der Waals surface area (Å²) in [5.41, 5.74) is 3.68. The van der Waals surface area contributed by atoms with Crippen molar-refractivity contribution in [1.82, 2.24) is 9.55 Å². The highest BCUT2D eigenvalue weighted by atomic mass is 32.1. The topological polar surface area (TPSA) is 55.1 Å². The number of carbonyl (C=O) groups is 1. The lowest BCUT2D eigenvalue weighted by molar-refractivity contribution is -0.137. The highest BCUT2D eigenvalue weighted by Gasteiger charge is 2.17. The van der Waals surface area contributed by atoms with Gasteiger partial charge >= 0.3 is 5.97 Å². The van der Waals surface area contributed by atoms with Crippen molar-refractivity contribution in [2.24, 2.45) is 0 Å². The standard InChI is InChI=1S/C19H15FN2O2S/c1-11-14(9-18-21-15-7-6-12(20)8-17(15)25-18)13-4-2-3-5-16(13)22(11)10-19(23)24/h2-8H,9-10H2,1H3,(H,23,24). The highest BCUT2D eigenvalue weighted by molar-refractivity contribution is 7.18. The van der Waals surface area contributed by atoms with Crippen LogP contribution in [0.4, 0.5) is 4.39 Å². The second kappa shape index (κ2) is 5.97. The molecule has 25 heavy (non-hydrogen) atoms. The van der Waals surface area contributed by atoms with Gasteiger partial charge in [-0.3, -0.25) is 4.79 Å². The Bertz CT molecular complexity index is 1110. The molecule has 0 fully saturated rings. The van der Waals surface area contributed by atoms with E-state index in [2.05, 4.69) is 4.98 Å². The van der Waals surface area contributed by atoms with E-state index in [0.717, 1.165) is 37.4 Å². The van der Waals surface area contributed by atoms with E-state index in [9.17, 15) is 14.3 Å². The molecule has 0 bridgehead atoms. The average Bonchev–Trinajstić information content (AvgIpc) is 3.08. The first-order valence-corrected chi connectivity index (χ1v) is 8.68. The summed E-state index contributed by atoms with van der Waals surface area (Å²) in [6, 6.07) is 12.4. The number of aromatic nitrogens is 2. The summed E-state index contributed by atoms with van der Waals surface area (Å²) in [5, 5.41) is 11.1. The number of thiazole rings is 1. The maximum atomic E-state index is 13.4. The summed E-state index contributed by atoms with van der Waals surface area (Å²) < 4.78 is 16.0. The molecule has 2 aromatic carbocycles. The summed E-state index contributed by atoms with van der Waals surface area (Å²) in [5.74, 6) is -1.14. The SMILES string of the molecule is Cc1c(Cc2nc3ccc(F)cc3s2)c2ccccc2n1CC(=O)O. The van der Waals surface area contributed by atoms with Crippen molar-refractivity contribution in [2.45, 2.75) is 19.9 Å². The smallest absolute Gasteiger partial charge is 0.323 e. The Morgan fingerprint density at radius 3 is 2.88 bits per heavy atom. The molecule has 126 valence electrons. The number of carboxylic acids is 1. The molecule has 1 N–H and O–H groups in total. The number of nitrogens with zero attached hydrogens (tertiary/aromatic N) is 2. The zero-order chi connectivity index (χ0) is 17.6. The van der Waals surface area contributed by atoms with Gasteiger partial charge in [-0.2, -0.15) is 0 Å². The molecule has 2 heterocycles. The molecular formula is C19H15FN2O2S. The summed E-state index contributed by atoms with van der Waals surface area (Å²) in [4.78, 5) is 15.8. The lowest BCUT2D eigenvalue weighted by atomic mass is 10.1. The Hall–Kier alpha value is -2.73. The van der Waals surface area contributed by atoms with E-state index in [1.165, 1.54) is 23.5 Å². The summed E-state index contributed by atoms with van der Waals surface area (Å²) in [6.07, 6.45) is 0.597. The molecule has 0 saturated carbocycles. The van der Waals surface area contributed by atoms with Gasteiger partial charge in [0.25, 0.3) is 0 Å². The van der Waals surface area contributed by atoms with Gasteiger partial charge in [-0.25, -0.2) is 9.37 Å². The van der Waals surface area contributed by atoms with Gasteiger partial charge in [-0.1, -0.05) is 18.2 Å². The Balaban J connectivity index is 1.82. The van der Waals surface area contributed by atoms with Crippen molar-refractivity contribution < 1.29 is 14.3 Å². The van der Waals surface area contributed by atoms with Gasteiger partial charge in [0.1, 0.15) is 12.4 Å². The number of para-hydroxylation sites is 1. The minimum atomic E-state index is -0.870. The maximum Gasteiger partial charge on any atom is 0.323 e. The number of halogens is 1. The van der Waals surface area contributed by atoms with E-state index in [1.807, 2.05) is 35.8 Å². The molecular weight excluding hydrogens is 339 g/mol. The number of fused-ring (bicyclic) bond motifs is 2. The van der Waals surface area contributed by atoms with Crippen LogP contribution in [0.1, 0.15) is 16.3 Å². The van der Waals surface area contributed by atoms with Gasteiger partial charge in [0.05, 0.1) is 15.2 Å². The van der Waals surface area contributed by atoms with E-state index in [4.69, 9.17) is 0 Å². The minimum absolute atomic E-state index is 0.0720. The first-order chi connectivity index (χ1) is 12.0. The van der Waals surface area contributed by atoms with E-state index in [1.54, 1.807) is 6.07 Å². The van der Waals surface area contributed by atoms with Gasteiger partial charge < -0.3 is 9.67 Å². The van der Waals surface area contributed by atoms with E-state index >= 15 is 0 Å². The van der Waals surface area contributed by atoms with Gasteiger partial charge in [-0.15, -0.1) is 11.3 Å². The van der Waals surface area contributed by atoms with Crippen LogP contribution in [0, 0.1) is 12.7 Å². The lowest BCUT2D eigenvalue weighted by Crippen LogP contribution is -2.10. The molecule has 0 unspecified atom stereocenters. The van der Waals surface area contributed by atoms with Crippen LogP contribution >= 0.6 is 11.3 Å². The number of hydrogen-bond acceptors (Lipinski definition) is 3. The molecule has 4 aromatic rings. The zero-order valence-electron chi connectivity index (χ0n) is 13.5. The van der Waals surface area contributed by atoms with Crippen molar-refractivity contribution in [2.75, 3.05) is 0 Å². The van der Waals surface area contributed by atoms with Crippen molar-refractivity contribution in [3.05, 3.63) is 64.5 Å². The molecule has 0 saturated heterocycles. The quantitative estimate of drug-likeness (QED) is 0.592. The highest BCUT2D eigenvalue weighted by Crippen LogP contribution is 2.31. The van der Waals surface area contributed by atoms with Crippen LogP contribution in [-0.2, 0) is 17.8 Å². The minimum Gasteiger partial charge on any atom is -0.480 e. The van der Waals surface area contributed by atoms with Crippen molar-refractivity contribution in [1.29, 1.82) is 0 Å². The maximum absolute atomic E-state index is 13.4. The van der Waals surface area contributed by atoms with E-state index in [0.29, 0.717) is 6.42 Å². The number of aliphatic carboxylic acids is 1. The second-order valence-electron chi connectivity index (χ2n) is 5.96. The first-order valence-electron chi connectivity index (χ1n) is 7.86. The van der Waals surface area contributed by atoms with E-state index in [-0.39, 0.29) is 12.4 Å². The average molecular weight is 354 g/mol. The molecule has 0 aliphatic heterocycles. The predicted molar refractivity (Wildman–Crippen MR) is 96.7 cm³/mol. The molecule has 0 spiro atoms. The van der Waals surface area contributed by atoms with Crippen LogP contribution in [0.2, 0.25) is 0 Å². The Labute approximate surface area is 147 Å². The zero-order valence-corrected chi connectivity index (χ0v) is 14.3. The fraction of sp³-hybridized carbons (Fsp3) is 0.158. The number of hydrogen-bond donors (Lipinski definition) is 1. The van der Waals surface area contributed by atoms with Gasteiger partial charge in [0.2, 0.25) is 0 Å². The molecule has 6 heteroatoms. The number of carboxylic acid groups (broad SMARTS) is 1. The molecule has 0 radical (unpaired) electrons. The van der Waals surface area contributed by atoms with Gasteiger partial charge in [0, 0.05) is 23.0 Å². The molecule has 4 rings (SSSR count). The van der Waals surface area contributed by atoms with Crippen LogP contribution in [-0.4, -0.2) is 20.6 Å². The largest absolute Gasteiger partial charge is 0.480 e. The fourth-order valence-corrected chi connectivity index (χ4v) is 4.24. The Morgan fingerprint density at radius 1 is 1.28 bits per heavy atom. The molecule has 2 aromatic heterocycles. The van der Waals surface area contributed by atoms with Crippen LogP contribution in [0.15, 0.2) is 42.5 Å². The third-order valence-electron chi connectivity index (χ3n) is 4.38. The Morgan fingerprint density at radius 2 is 2.08 bits per heavy atom. The third kappa shape index (κ3) is 2.78. The number of benzene rings is 2. The van der Waals surface area contributed by atoms with Crippen LogP contribution in [0.3, 0.4) is 0 Å². The lowest BCUT2D eigenvalue weighted by Gasteiger charge is -2.04. The second-order valence-corrected chi connectivity index (χ2v) is 7.07. The Kier molecular flexibility index (Phi) is 3.77. The summed E-state index contributed by atoms with van der Waals surface area (Å²) >= 11 is 1.47. The predicted octanol–water partition coefficient (Wildman–Crippen LogP) is 4.37. The van der Waals surface area contributed by atoms with Crippen LogP contribution in [0.25, 0.3) is 21.1 Å². The summed E-state index contributed by atoms with van der Waals surface area (Å²) in [6.45, 7) is 1.86. The van der Waals surface area contributed by atoms with Crippen molar-refractivity contribution in [3.63, 3.8) is 0 Å². The molecule has 0 atom stereocenters. The first kappa shape index (κ1) is 15.8. The van der Waals surface area contributed by atoms with Gasteiger partial charge in [-0.05, 0) is 36.8 Å². The fourth-order valence-electron chi connectivity index (χ4n) is 3.24. The molecule has 4 nitrogen and oxygen atoms in total.